The molecule has 2 N–H and O–H groups in total. The third kappa shape index (κ3) is 6.94. The number of nitrogens with one attached hydrogen (secondary N) is 2. The Morgan fingerprint density at radius 1 is 1.15 bits per heavy atom. The van der Waals surface area contributed by atoms with Gasteiger partial charge in [-0.3, -0.25) is 14.3 Å². The van der Waals surface area contributed by atoms with Crippen LogP contribution in [0.3, 0.4) is 0 Å². The Morgan fingerprint density at radius 2 is 1.85 bits per heavy atom. The van der Waals surface area contributed by atoms with Crippen molar-refractivity contribution >= 4 is 17.5 Å². The fourth-order valence-corrected chi connectivity index (χ4v) is 4.80. The summed E-state index contributed by atoms with van der Waals surface area (Å²) in [5, 5.41) is 13.9. The van der Waals surface area contributed by atoms with E-state index in [9.17, 15) is 31.5 Å². The van der Waals surface area contributed by atoms with Crippen LogP contribution in [0, 0.1) is 11.8 Å². The fourth-order valence-electron chi connectivity index (χ4n) is 4.80. The number of fused-ring (bicyclic) bond motifs is 1. The number of hydrogen-bond acceptors (Lipinski definition) is 5. The van der Waals surface area contributed by atoms with Gasteiger partial charge >= 0.3 is 6.18 Å². The molecule has 1 aliphatic rings. The summed E-state index contributed by atoms with van der Waals surface area (Å²) in [5.41, 5.74) is 1.65. The highest BCUT2D eigenvalue weighted by atomic mass is 19.4. The number of amides is 2. The van der Waals surface area contributed by atoms with Crippen LogP contribution in [-0.4, -0.2) is 48.3 Å². The molecule has 2 amide bonds. The van der Waals surface area contributed by atoms with Crippen LogP contribution in [0.1, 0.15) is 86.7 Å². The molecule has 0 bridgehead atoms. The standard InChI is InChI=1S/C26H32F5N7O2/c1-15(2)38-20(6-9-33-38)24(40)36-23(18-4-7-25(27,28)8-5-18)19-14-37-21(35-19)11-17(13-34-37)12-32-22(39)10-16(3)26(29,30)31/h6,9,11,13-16,18,23H,4-5,7-8,10,12H2,1-3H3,(H,32,39)(H,36,40)/t16?,23-/m0/s1. The summed E-state index contributed by atoms with van der Waals surface area (Å²) in [6, 6.07) is 2.46. The molecule has 4 rings (SSSR count). The molecule has 0 saturated heterocycles. The predicted octanol–water partition coefficient (Wildman–Crippen LogP) is 5.01. The van der Waals surface area contributed by atoms with Crippen molar-refractivity contribution in [2.75, 3.05) is 0 Å². The maximum atomic E-state index is 13.9. The van der Waals surface area contributed by atoms with E-state index in [1.165, 1.54) is 16.9 Å². The lowest BCUT2D eigenvalue weighted by Crippen LogP contribution is -2.38. The number of alkyl halides is 5. The first-order valence-electron chi connectivity index (χ1n) is 13.1. The van der Waals surface area contributed by atoms with Crippen LogP contribution < -0.4 is 10.6 Å². The molecule has 0 radical (unpaired) electrons. The summed E-state index contributed by atoms with van der Waals surface area (Å²) in [6.45, 7) is 4.66. The Bertz CT molecular complexity index is 1340. The molecule has 1 unspecified atom stereocenters. The number of hydrogen-bond donors (Lipinski definition) is 2. The molecule has 40 heavy (non-hydrogen) atoms. The summed E-state index contributed by atoms with van der Waals surface area (Å²) in [5.74, 6) is -5.97. The molecule has 2 atom stereocenters. The van der Waals surface area contributed by atoms with Crippen LogP contribution in [0.5, 0.6) is 0 Å². The van der Waals surface area contributed by atoms with Crippen LogP contribution in [0.4, 0.5) is 22.0 Å². The first-order valence-corrected chi connectivity index (χ1v) is 13.1. The molecular weight excluding hydrogens is 537 g/mol. The summed E-state index contributed by atoms with van der Waals surface area (Å²) in [7, 11) is 0. The number of nitrogens with zero attached hydrogens (tertiary/aromatic N) is 5. The van der Waals surface area contributed by atoms with E-state index in [1.807, 2.05) is 13.8 Å². The van der Waals surface area contributed by atoms with Crippen LogP contribution in [0.2, 0.25) is 0 Å². The zero-order valence-electron chi connectivity index (χ0n) is 22.4. The Hall–Kier alpha value is -3.58. The van der Waals surface area contributed by atoms with Gasteiger partial charge in [0, 0.05) is 38.0 Å². The average molecular weight is 570 g/mol. The van der Waals surface area contributed by atoms with Gasteiger partial charge in [-0.05, 0) is 50.3 Å². The summed E-state index contributed by atoms with van der Waals surface area (Å²) in [4.78, 5) is 29.8. The smallest absolute Gasteiger partial charge is 0.352 e. The molecule has 218 valence electrons. The lowest BCUT2D eigenvalue weighted by molar-refractivity contribution is -0.174. The topological polar surface area (TPSA) is 106 Å². The van der Waals surface area contributed by atoms with Crippen LogP contribution in [0.15, 0.2) is 30.7 Å². The Morgan fingerprint density at radius 3 is 2.50 bits per heavy atom. The minimum Gasteiger partial charge on any atom is -0.352 e. The quantitative estimate of drug-likeness (QED) is 0.353. The van der Waals surface area contributed by atoms with Gasteiger partial charge in [0.1, 0.15) is 5.69 Å². The Labute approximate surface area is 227 Å². The number of imidazole rings is 1. The van der Waals surface area contributed by atoms with Crippen LogP contribution in [0.25, 0.3) is 5.65 Å². The highest BCUT2D eigenvalue weighted by molar-refractivity contribution is 5.92. The zero-order chi connectivity index (χ0) is 29.2. The number of carbonyl (C=O) groups excluding carboxylic acids is 2. The first kappa shape index (κ1) is 29.4. The van der Waals surface area contributed by atoms with Gasteiger partial charge in [0.2, 0.25) is 11.8 Å². The van der Waals surface area contributed by atoms with Crippen molar-refractivity contribution in [3.8, 4) is 0 Å². The lowest BCUT2D eigenvalue weighted by atomic mass is 9.81. The highest BCUT2D eigenvalue weighted by Crippen LogP contribution is 2.41. The molecule has 0 aliphatic heterocycles. The van der Waals surface area contributed by atoms with E-state index in [-0.39, 0.29) is 44.2 Å². The second-order valence-corrected chi connectivity index (χ2v) is 10.7. The molecule has 3 heterocycles. The summed E-state index contributed by atoms with van der Waals surface area (Å²) < 4.78 is 69.1. The van der Waals surface area contributed by atoms with Gasteiger partial charge in [0.25, 0.3) is 5.91 Å². The van der Waals surface area contributed by atoms with Gasteiger partial charge in [0.15, 0.2) is 5.65 Å². The minimum absolute atomic E-state index is 0.0494. The van der Waals surface area contributed by atoms with Gasteiger partial charge in [-0.15, -0.1) is 0 Å². The van der Waals surface area contributed by atoms with Crippen molar-refractivity contribution in [3.05, 3.63) is 47.7 Å². The second kappa shape index (κ2) is 11.5. The average Bonchev–Trinajstić information content (AvgIpc) is 3.53. The van der Waals surface area contributed by atoms with E-state index >= 15 is 0 Å². The lowest BCUT2D eigenvalue weighted by Gasteiger charge is -2.33. The van der Waals surface area contributed by atoms with E-state index < -0.39 is 42.3 Å². The van der Waals surface area contributed by atoms with Crippen molar-refractivity contribution in [1.82, 2.24) is 35.0 Å². The monoisotopic (exact) mass is 569 g/mol. The Balaban J connectivity index is 1.54. The zero-order valence-corrected chi connectivity index (χ0v) is 22.4. The van der Waals surface area contributed by atoms with Gasteiger partial charge in [-0.25, -0.2) is 18.3 Å². The molecule has 3 aromatic rings. The molecule has 9 nitrogen and oxygen atoms in total. The molecule has 0 aromatic carbocycles. The third-order valence-electron chi connectivity index (χ3n) is 7.17. The maximum absolute atomic E-state index is 13.9. The first-order chi connectivity index (χ1) is 18.7. The van der Waals surface area contributed by atoms with E-state index in [0.29, 0.717) is 22.6 Å². The van der Waals surface area contributed by atoms with Crippen LogP contribution in [-0.2, 0) is 11.3 Å². The number of rotatable bonds is 9. The normalized spacial score (nSPS) is 17.6. The van der Waals surface area contributed by atoms with Crippen LogP contribution >= 0.6 is 0 Å². The SMILES string of the molecule is CC(C)n1nccc1C(=O)N[C@H](c1cn2ncc(CNC(=O)CC(C)C(F)(F)F)cc2n1)C1CCC(F)(F)CC1. The molecule has 1 fully saturated rings. The molecule has 14 heteroatoms. The van der Waals surface area contributed by atoms with E-state index in [2.05, 4.69) is 25.8 Å². The largest absolute Gasteiger partial charge is 0.392 e. The molecule has 1 aliphatic carbocycles. The number of carbonyl (C=O) groups is 2. The number of aromatic nitrogens is 5. The second-order valence-electron chi connectivity index (χ2n) is 10.7. The predicted molar refractivity (Wildman–Crippen MR) is 134 cm³/mol. The fraction of sp³-hybridized carbons (Fsp3) is 0.577. The molecule has 1 saturated carbocycles. The van der Waals surface area contributed by atoms with Gasteiger partial charge in [-0.1, -0.05) is 6.92 Å². The summed E-state index contributed by atoms with van der Waals surface area (Å²) >= 11 is 0. The molecule has 3 aromatic heterocycles. The van der Waals surface area contributed by atoms with E-state index in [1.54, 1.807) is 23.0 Å². The minimum atomic E-state index is -4.46. The highest BCUT2D eigenvalue weighted by Gasteiger charge is 2.40. The van der Waals surface area contributed by atoms with Crippen molar-refractivity contribution in [2.24, 2.45) is 11.8 Å². The van der Waals surface area contributed by atoms with Crippen molar-refractivity contribution in [2.45, 2.75) is 83.6 Å². The maximum Gasteiger partial charge on any atom is 0.392 e. The van der Waals surface area contributed by atoms with E-state index in [4.69, 9.17) is 0 Å². The Kier molecular flexibility index (Phi) is 8.45. The van der Waals surface area contributed by atoms with Crippen molar-refractivity contribution < 1.29 is 31.5 Å². The van der Waals surface area contributed by atoms with Gasteiger partial charge < -0.3 is 10.6 Å². The van der Waals surface area contributed by atoms with Crippen molar-refractivity contribution in [1.29, 1.82) is 0 Å². The summed E-state index contributed by atoms with van der Waals surface area (Å²) in [6.07, 6.45) is -0.783. The molecule has 0 spiro atoms. The van der Waals surface area contributed by atoms with E-state index in [0.717, 1.165) is 6.92 Å². The number of halogens is 5. The van der Waals surface area contributed by atoms with Gasteiger partial charge in [0.05, 0.1) is 30.0 Å². The molecular formula is C26H32F5N7O2. The van der Waals surface area contributed by atoms with Crippen molar-refractivity contribution in [3.63, 3.8) is 0 Å². The third-order valence-corrected chi connectivity index (χ3v) is 7.17. The van der Waals surface area contributed by atoms with Gasteiger partial charge in [-0.2, -0.15) is 23.4 Å².